The van der Waals surface area contributed by atoms with Crippen LogP contribution in [0.2, 0.25) is 0 Å². The van der Waals surface area contributed by atoms with Crippen LogP contribution in [0.3, 0.4) is 0 Å². The number of aliphatic hydroxyl groups excluding tert-OH is 2. The van der Waals surface area contributed by atoms with Crippen LogP contribution in [0, 0.1) is 0 Å². The Hall–Kier alpha value is -1.14. The Morgan fingerprint density at radius 3 is 0.689 bits per heavy atom. The molecule has 0 bridgehead atoms. The average Bonchev–Trinajstić information content (AvgIpc) is 3.01. The minimum absolute atomic E-state index is 0.139. The largest absolute Gasteiger partial charge is 0.481 e. The van der Waals surface area contributed by atoms with Crippen molar-refractivity contribution in [3.8, 4) is 0 Å². The van der Waals surface area contributed by atoms with Crippen molar-refractivity contribution in [2.45, 2.75) is 232 Å². The van der Waals surface area contributed by atoms with Crippen molar-refractivity contribution in [1.29, 1.82) is 0 Å². The fourth-order valence-electron chi connectivity index (χ4n) is 5.30. The first-order valence-electron chi connectivity index (χ1n) is 19.5. The van der Waals surface area contributed by atoms with Gasteiger partial charge in [0.25, 0.3) is 0 Å². The molecule has 0 aliphatic rings. The van der Waals surface area contributed by atoms with Gasteiger partial charge < -0.3 is 20.4 Å². The van der Waals surface area contributed by atoms with Crippen LogP contribution in [-0.4, -0.2) is 45.1 Å². The molecule has 0 aromatic heterocycles. The highest BCUT2D eigenvalue weighted by atomic mass is 16.4. The Morgan fingerprint density at radius 2 is 0.556 bits per heavy atom. The van der Waals surface area contributed by atoms with E-state index >= 15 is 0 Å². The third-order valence-corrected chi connectivity index (χ3v) is 8.25. The topological polar surface area (TPSA) is 115 Å². The van der Waals surface area contributed by atoms with Gasteiger partial charge in [-0.1, -0.05) is 194 Å². The standard InChI is InChI=1S/2C18H36O2.C3H8O2/c2*1-2-3-4-5-6-7-8-9-10-11-12-13-14-15-16-17-18(19)20;1-3(5)2-4/h2*2-17H2,1H3,(H,19,20);3-5H,2H2,1H3. The van der Waals surface area contributed by atoms with Gasteiger partial charge in [-0.2, -0.15) is 0 Å². The van der Waals surface area contributed by atoms with Crippen molar-refractivity contribution in [2.75, 3.05) is 6.61 Å². The number of aliphatic carboxylic acids is 2. The number of aliphatic hydroxyl groups is 2. The zero-order chi connectivity index (χ0) is 34.1. The van der Waals surface area contributed by atoms with E-state index in [9.17, 15) is 9.59 Å². The van der Waals surface area contributed by atoms with E-state index in [1.807, 2.05) is 0 Å². The number of carboxylic acid groups (broad SMARTS) is 2. The van der Waals surface area contributed by atoms with Gasteiger partial charge in [0.05, 0.1) is 12.7 Å². The summed E-state index contributed by atoms with van der Waals surface area (Å²) in [5.41, 5.74) is 0. The van der Waals surface area contributed by atoms with E-state index in [1.165, 1.54) is 174 Å². The Bertz CT molecular complexity index is 508. The molecular formula is C39H80O6. The van der Waals surface area contributed by atoms with Crippen molar-refractivity contribution in [3.05, 3.63) is 0 Å². The summed E-state index contributed by atoms with van der Waals surface area (Å²) in [4.78, 5) is 20.7. The van der Waals surface area contributed by atoms with Gasteiger partial charge in [0.1, 0.15) is 0 Å². The zero-order valence-corrected chi connectivity index (χ0v) is 30.5. The maximum Gasteiger partial charge on any atom is 0.303 e. The van der Waals surface area contributed by atoms with Gasteiger partial charge in [-0.15, -0.1) is 0 Å². The van der Waals surface area contributed by atoms with E-state index < -0.39 is 18.0 Å². The summed E-state index contributed by atoms with van der Waals surface area (Å²) in [6, 6.07) is 0. The predicted octanol–water partition coefficient (Wildman–Crippen LogP) is 12.0. The summed E-state index contributed by atoms with van der Waals surface area (Å²) in [5.74, 6) is -1.31. The lowest BCUT2D eigenvalue weighted by molar-refractivity contribution is -0.138. The quantitative estimate of drug-likeness (QED) is 0.0528. The number of rotatable bonds is 33. The third-order valence-electron chi connectivity index (χ3n) is 8.25. The maximum absolute atomic E-state index is 10.3. The van der Waals surface area contributed by atoms with Crippen molar-refractivity contribution >= 4 is 11.9 Å². The molecule has 1 unspecified atom stereocenters. The molecule has 0 aromatic rings. The molecule has 6 heteroatoms. The van der Waals surface area contributed by atoms with Crippen LogP contribution in [0.25, 0.3) is 0 Å². The molecule has 0 saturated carbocycles. The number of unbranched alkanes of at least 4 members (excludes halogenated alkanes) is 28. The maximum atomic E-state index is 10.3. The molecule has 0 amide bonds. The molecule has 0 heterocycles. The number of hydrogen-bond donors (Lipinski definition) is 4. The van der Waals surface area contributed by atoms with Crippen molar-refractivity contribution in [2.24, 2.45) is 0 Å². The molecule has 0 aliphatic heterocycles. The highest BCUT2D eigenvalue weighted by molar-refractivity contribution is 5.66. The summed E-state index contributed by atoms with van der Waals surface area (Å²) in [5, 5.41) is 33.0. The summed E-state index contributed by atoms with van der Waals surface area (Å²) in [7, 11) is 0. The molecular weight excluding hydrogens is 564 g/mol. The summed E-state index contributed by atoms with van der Waals surface area (Å²) >= 11 is 0. The predicted molar refractivity (Wildman–Crippen MR) is 193 cm³/mol. The van der Waals surface area contributed by atoms with Gasteiger partial charge in [-0.25, -0.2) is 0 Å². The Balaban J connectivity index is -0.000000680. The van der Waals surface area contributed by atoms with Gasteiger partial charge in [0.15, 0.2) is 0 Å². The molecule has 0 fully saturated rings. The molecule has 0 rings (SSSR count). The lowest BCUT2D eigenvalue weighted by Gasteiger charge is -2.03. The SMILES string of the molecule is CC(O)CO.CCCCCCCCCCCCCCCCCC(=O)O.CCCCCCCCCCCCCCCCCC(=O)O. The summed E-state index contributed by atoms with van der Waals surface area (Å²) in [6.45, 7) is 5.93. The molecule has 1 atom stereocenters. The highest BCUT2D eigenvalue weighted by Gasteiger charge is 1.98. The van der Waals surface area contributed by atoms with E-state index in [0.29, 0.717) is 12.8 Å². The van der Waals surface area contributed by atoms with E-state index in [1.54, 1.807) is 0 Å². The molecule has 0 saturated heterocycles. The normalized spacial score (nSPS) is 11.3. The Morgan fingerprint density at radius 1 is 0.400 bits per heavy atom. The molecule has 0 aromatic carbocycles. The van der Waals surface area contributed by atoms with E-state index in [4.69, 9.17) is 20.4 Å². The number of carboxylic acids is 2. The molecule has 0 aliphatic carbocycles. The monoisotopic (exact) mass is 645 g/mol. The second kappa shape index (κ2) is 45.0. The fraction of sp³-hybridized carbons (Fsp3) is 0.949. The minimum Gasteiger partial charge on any atom is -0.481 e. The molecule has 0 radical (unpaired) electrons. The third kappa shape index (κ3) is 58.9. The molecule has 45 heavy (non-hydrogen) atoms. The lowest BCUT2D eigenvalue weighted by Crippen LogP contribution is -2.03. The minimum atomic E-state index is -0.653. The second-order valence-corrected chi connectivity index (χ2v) is 13.2. The molecule has 6 nitrogen and oxygen atoms in total. The first kappa shape index (κ1) is 48.3. The molecule has 272 valence electrons. The van der Waals surface area contributed by atoms with Crippen LogP contribution in [0.5, 0.6) is 0 Å². The van der Waals surface area contributed by atoms with Crippen molar-refractivity contribution < 1.29 is 30.0 Å². The Labute approximate surface area is 280 Å². The Kier molecular flexibility index (Phi) is 48.2. The van der Waals surface area contributed by atoms with Gasteiger partial charge in [0.2, 0.25) is 0 Å². The fourth-order valence-corrected chi connectivity index (χ4v) is 5.30. The van der Waals surface area contributed by atoms with Crippen LogP contribution < -0.4 is 0 Å². The van der Waals surface area contributed by atoms with E-state index in [0.717, 1.165) is 25.7 Å². The number of carbonyl (C=O) groups is 2. The van der Waals surface area contributed by atoms with Crippen molar-refractivity contribution in [3.63, 3.8) is 0 Å². The van der Waals surface area contributed by atoms with Crippen LogP contribution >= 0.6 is 0 Å². The van der Waals surface area contributed by atoms with Gasteiger partial charge in [0, 0.05) is 12.8 Å². The number of hydrogen-bond acceptors (Lipinski definition) is 4. The van der Waals surface area contributed by atoms with Crippen LogP contribution in [0.15, 0.2) is 0 Å². The van der Waals surface area contributed by atoms with E-state index in [2.05, 4.69) is 13.8 Å². The lowest BCUT2D eigenvalue weighted by atomic mass is 10.0. The first-order chi connectivity index (χ1) is 21.8. The van der Waals surface area contributed by atoms with Gasteiger partial charge in [-0.3, -0.25) is 9.59 Å². The average molecular weight is 645 g/mol. The van der Waals surface area contributed by atoms with Crippen LogP contribution in [0.1, 0.15) is 226 Å². The van der Waals surface area contributed by atoms with Gasteiger partial charge >= 0.3 is 11.9 Å². The van der Waals surface area contributed by atoms with E-state index in [-0.39, 0.29) is 6.61 Å². The summed E-state index contributed by atoms with van der Waals surface area (Å²) in [6.07, 6.45) is 39.8. The smallest absolute Gasteiger partial charge is 0.303 e. The van der Waals surface area contributed by atoms with Gasteiger partial charge in [-0.05, 0) is 19.8 Å². The summed E-state index contributed by atoms with van der Waals surface area (Å²) < 4.78 is 0. The molecule has 4 N–H and O–H groups in total. The van der Waals surface area contributed by atoms with Crippen LogP contribution in [-0.2, 0) is 9.59 Å². The highest BCUT2D eigenvalue weighted by Crippen LogP contribution is 2.15. The van der Waals surface area contributed by atoms with Crippen molar-refractivity contribution in [1.82, 2.24) is 0 Å². The first-order valence-corrected chi connectivity index (χ1v) is 19.5. The molecule has 0 spiro atoms. The second-order valence-electron chi connectivity index (χ2n) is 13.2. The van der Waals surface area contributed by atoms with Crippen LogP contribution in [0.4, 0.5) is 0 Å². The zero-order valence-electron chi connectivity index (χ0n) is 30.5.